The van der Waals surface area contributed by atoms with Crippen molar-refractivity contribution in [3.63, 3.8) is 0 Å². The Balaban J connectivity index is 2.67. The van der Waals surface area contributed by atoms with E-state index in [-0.39, 0.29) is 0 Å². The van der Waals surface area contributed by atoms with Gasteiger partial charge < -0.3 is 0 Å². The first-order valence-corrected chi connectivity index (χ1v) is 4.85. The Labute approximate surface area is 73.7 Å². The molecular formula is C8H9BrS. The molecule has 10 heavy (non-hydrogen) atoms. The SMILES string of the molecule is CCC=Cc1ccc(Br)s1. The van der Waals surface area contributed by atoms with Gasteiger partial charge >= 0.3 is 0 Å². The quantitative estimate of drug-likeness (QED) is 0.703. The van der Waals surface area contributed by atoms with Crippen LogP contribution in [0.15, 0.2) is 22.0 Å². The van der Waals surface area contributed by atoms with Gasteiger partial charge in [-0.15, -0.1) is 11.3 Å². The molecule has 0 aliphatic carbocycles. The summed E-state index contributed by atoms with van der Waals surface area (Å²) in [6.07, 6.45) is 5.42. The summed E-state index contributed by atoms with van der Waals surface area (Å²) < 4.78 is 1.20. The molecule has 0 nitrogen and oxygen atoms in total. The third-order valence-corrected chi connectivity index (χ3v) is 2.70. The van der Waals surface area contributed by atoms with Crippen molar-refractivity contribution < 1.29 is 0 Å². The van der Waals surface area contributed by atoms with Crippen LogP contribution in [0.5, 0.6) is 0 Å². The van der Waals surface area contributed by atoms with E-state index in [4.69, 9.17) is 0 Å². The van der Waals surface area contributed by atoms with Gasteiger partial charge in [-0.25, -0.2) is 0 Å². The third-order valence-electron chi connectivity index (χ3n) is 1.11. The van der Waals surface area contributed by atoms with Gasteiger partial charge in [-0.2, -0.15) is 0 Å². The lowest BCUT2D eigenvalue weighted by atomic mass is 10.4. The van der Waals surface area contributed by atoms with Gasteiger partial charge in [0.25, 0.3) is 0 Å². The summed E-state index contributed by atoms with van der Waals surface area (Å²) in [4.78, 5) is 1.31. The fourth-order valence-electron chi connectivity index (χ4n) is 0.652. The van der Waals surface area contributed by atoms with Crippen LogP contribution in [0.2, 0.25) is 0 Å². The summed E-state index contributed by atoms with van der Waals surface area (Å²) in [7, 11) is 0. The van der Waals surface area contributed by atoms with E-state index in [1.807, 2.05) is 0 Å². The minimum atomic E-state index is 1.11. The van der Waals surface area contributed by atoms with Crippen LogP contribution in [0, 0.1) is 0 Å². The number of halogens is 1. The van der Waals surface area contributed by atoms with Gasteiger partial charge in [0.1, 0.15) is 0 Å². The number of hydrogen-bond acceptors (Lipinski definition) is 1. The van der Waals surface area contributed by atoms with Crippen LogP contribution in [0.4, 0.5) is 0 Å². The zero-order chi connectivity index (χ0) is 7.40. The van der Waals surface area contributed by atoms with E-state index in [1.54, 1.807) is 11.3 Å². The molecule has 0 spiro atoms. The highest BCUT2D eigenvalue weighted by Crippen LogP contribution is 2.22. The molecule has 2 heteroatoms. The molecule has 0 aromatic carbocycles. The third kappa shape index (κ3) is 2.27. The van der Waals surface area contributed by atoms with Gasteiger partial charge in [-0.3, -0.25) is 0 Å². The molecule has 1 heterocycles. The van der Waals surface area contributed by atoms with E-state index in [0.717, 1.165) is 6.42 Å². The number of hydrogen-bond donors (Lipinski definition) is 0. The first-order chi connectivity index (χ1) is 4.83. The summed E-state index contributed by atoms with van der Waals surface area (Å²) in [5, 5.41) is 0. The smallest absolute Gasteiger partial charge is 0.0704 e. The van der Waals surface area contributed by atoms with Gasteiger partial charge in [-0.1, -0.05) is 13.0 Å². The van der Waals surface area contributed by atoms with Gasteiger partial charge in [-0.05, 0) is 40.6 Å². The predicted molar refractivity (Wildman–Crippen MR) is 51.3 cm³/mol. The fourth-order valence-corrected chi connectivity index (χ4v) is 2.01. The molecule has 0 saturated heterocycles. The number of allylic oxidation sites excluding steroid dienone is 1. The maximum Gasteiger partial charge on any atom is 0.0704 e. The Morgan fingerprint density at radius 3 is 2.90 bits per heavy atom. The second kappa shape index (κ2) is 3.94. The molecule has 0 bridgehead atoms. The van der Waals surface area contributed by atoms with Crippen LogP contribution in [-0.2, 0) is 0 Å². The highest BCUT2D eigenvalue weighted by molar-refractivity contribution is 9.11. The minimum Gasteiger partial charge on any atom is -0.129 e. The van der Waals surface area contributed by atoms with Gasteiger partial charge in [0.05, 0.1) is 3.79 Å². The van der Waals surface area contributed by atoms with E-state index < -0.39 is 0 Å². The highest BCUT2D eigenvalue weighted by Gasteiger charge is 1.90. The van der Waals surface area contributed by atoms with Crippen molar-refractivity contribution in [2.75, 3.05) is 0 Å². The molecule has 0 amide bonds. The molecule has 0 N–H and O–H groups in total. The molecule has 0 saturated carbocycles. The average molecular weight is 217 g/mol. The van der Waals surface area contributed by atoms with Gasteiger partial charge in [0, 0.05) is 4.88 Å². The molecule has 0 fully saturated rings. The van der Waals surface area contributed by atoms with Crippen molar-refractivity contribution in [1.82, 2.24) is 0 Å². The molecule has 0 aliphatic rings. The summed E-state index contributed by atoms with van der Waals surface area (Å²) in [5.74, 6) is 0. The second-order valence-corrected chi connectivity index (χ2v) is 4.45. The van der Waals surface area contributed by atoms with Crippen molar-refractivity contribution >= 4 is 33.3 Å². The summed E-state index contributed by atoms with van der Waals surface area (Å²) in [5.41, 5.74) is 0. The van der Waals surface area contributed by atoms with E-state index in [9.17, 15) is 0 Å². The lowest BCUT2D eigenvalue weighted by Gasteiger charge is -1.79. The van der Waals surface area contributed by atoms with Crippen LogP contribution >= 0.6 is 27.3 Å². The Morgan fingerprint density at radius 1 is 1.60 bits per heavy atom. The van der Waals surface area contributed by atoms with E-state index in [2.05, 4.69) is 47.1 Å². The minimum absolute atomic E-state index is 1.11. The van der Waals surface area contributed by atoms with Crippen LogP contribution in [-0.4, -0.2) is 0 Å². The van der Waals surface area contributed by atoms with Crippen LogP contribution in [0.25, 0.3) is 6.08 Å². The molecule has 1 aromatic heterocycles. The lowest BCUT2D eigenvalue weighted by molar-refractivity contribution is 1.23. The first kappa shape index (κ1) is 8.02. The van der Waals surface area contributed by atoms with Crippen LogP contribution in [0.1, 0.15) is 18.2 Å². The molecule has 0 radical (unpaired) electrons. The molecule has 1 aromatic rings. The van der Waals surface area contributed by atoms with Crippen LogP contribution < -0.4 is 0 Å². The standard InChI is InChI=1S/C8H9BrS/c1-2-3-4-7-5-6-8(9)10-7/h3-6H,2H2,1H3. The zero-order valence-corrected chi connectivity index (χ0v) is 8.21. The molecule has 1 rings (SSSR count). The summed E-state index contributed by atoms with van der Waals surface area (Å²) in [6, 6.07) is 4.18. The topological polar surface area (TPSA) is 0 Å². The maximum absolute atomic E-state index is 3.41. The Bertz CT molecular complexity index is 225. The summed E-state index contributed by atoms with van der Waals surface area (Å²) >= 11 is 5.17. The molecule has 0 atom stereocenters. The molecule has 0 unspecified atom stereocenters. The van der Waals surface area contributed by atoms with Crippen molar-refractivity contribution in [2.24, 2.45) is 0 Å². The highest BCUT2D eigenvalue weighted by atomic mass is 79.9. The van der Waals surface area contributed by atoms with Crippen molar-refractivity contribution in [2.45, 2.75) is 13.3 Å². The normalized spacial score (nSPS) is 11.0. The maximum atomic E-state index is 3.41. The Kier molecular flexibility index (Phi) is 3.16. The lowest BCUT2D eigenvalue weighted by Crippen LogP contribution is -1.54. The number of thiophene rings is 1. The van der Waals surface area contributed by atoms with Gasteiger partial charge in [0.15, 0.2) is 0 Å². The Morgan fingerprint density at radius 2 is 2.40 bits per heavy atom. The number of rotatable bonds is 2. The fraction of sp³-hybridized carbons (Fsp3) is 0.250. The largest absolute Gasteiger partial charge is 0.129 e. The zero-order valence-electron chi connectivity index (χ0n) is 5.80. The Hall–Kier alpha value is -0.0800. The molecule has 54 valence electrons. The van der Waals surface area contributed by atoms with E-state index >= 15 is 0 Å². The summed E-state index contributed by atoms with van der Waals surface area (Å²) in [6.45, 7) is 2.14. The molecular weight excluding hydrogens is 208 g/mol. The average Bonchev–Trinajstić information content (AvgIpc) is 2.31. The second-order valence-electron chi connectivity index (χ2n) is 1.95. The monoisotopic (exact) mass is 216 g/mol. The predicted octanol–water partition coefficient (Wildman–Crippen LogP) is 3.93. The van der Waals surface area contributed by atoms with E-state index in [1.165, 1.54) is 8.66 Å². The van der Waals surface area contributed by atoms with Gasteiger partial charge in [0.2, 0.25) is 0 Å². The van der Waals surface area contributed by atoms with Crippen molar-refractivity contribution in [3.05, 3.63) is 26.9 Å². The van der Waals surface area contributed by atoms with Crippen molar-refractivity contribution in [1.29, 1.82) is 0 Å². The first-order valence-electron chi connectivity index (χ1n) is 3.25. The van der Waals surface area contributed by atoms with E-state index in [0.29, 0.717) is 0 Å². The molecule has 0 aliphatic heterocycles. The van der Waals surface area contributed by atoms with Crippen LogP contribution in [0.3, 0.4) is 0 Å². The van der Waals surface area contributed by atoms with Crippen molar-refractivity contribution in [3.8, 4) is 0 Å².